The summed E-state index contributed by atoms with van der Waals surface area (Å²) in [4.78, 5) is 17.2. The number of carboxylic acid groups (broad SMARTS) is 1. The van der Waals surface area contributed by atoms with Gasteiger partial charge in [0.25, 0.3) is 0 Å². The molecule has 122 valence electrons. The second-order valence-corrected chi connectivity index (χ2v) is 5.67. The maximum Gasteiger partial charge on any atom is 0.416 e. The molecule has 0 bridgehead atoms. The van der Waals surface area contributed by atoms with E-state index in [4.69, 9.17) is 5.11 Å². The average molecular weight is 324 g/mol. The van der Waals surface area contributed by atoms with Gasteiger partial charge in [0.2, 0.25) is 0 Å². The van der Waals surface area contributed by atoms with Crippen LogP contribution >= 0.6 is 0 Å². The zero-order valence-electron chi connectivity index (χ0n) is 12.2. The quantitative estimate of drug-likeness (QED) is 0.918. The molecule has 1 N–H and O–H groups in total. The van der Waals surface area contributed by atoms with Crippen LogP contribution in [0.25, 0.3) is 10.8 Å². The molecule has 4 nitrogen and oxygen atoms in total. The van der Waals surface area contributed by atoms with E-state index in [0.717, 1.165) is 12.1 Å². The number of hydrogen-bond acceptors (Lipinski definition) is 3. The number of benzene rings is 1. The Balaban J connectivity index is 1.92. The highest BCUT2D eigenvalue weighted by Gasteiger charge is 2.31. The molecule has 0 aliphatic carbocycles. The molecular formula is C16H15F3N2O2. The highest BCUT2D eigenvalue weighted by Crippen LogP contribution is 2.34. The summed E-state index contributed by atoms with van der Waals surface area (Å²) in [5.41, 5.74) is -0.688. The molecule has 0 saturated carbocycles. The van der Waals surface area contributed by atoms with Crippen LogP contribution in [0.4, 0.5) is 19.0 Å². The molecule has 1 aliphatic heterocycles. The third kappa shape index (κ3) is 3.09. The van der Waals surface area contributed by atoms with Crippen molar-refractivity contribution in [2.24, 2.45) is 5.92 Å². The second kappa shape index (κ2) is 5.72. The van der Waals surface area contributed by atoms with Gasteiger partial charge in [0, 0.05) is 24.7 Å². The third-order valence-corrected chi connectivity index (χ3v) is 4.21. The molecule has 0 amide bonds. The Hall–Kier alpha value is -2.31. The van der Waals surface area contributed by atoms with E-state index in [1.807, 2.05) is 4.90 Å². The lowest BCUT2D eigenvalue weighted by Gasteiger charge is -2.31. The van der Waals surface area contributed by atoms with Crippen molar-refractivity contribution in [1.29, 1.82) is 0 Å². The van der Waals surface area contributed by atoms with Crippen molar-refractivity contribution >= 4 is 22.6 Å². The molecule has 1 fully saturated rings. The van der Waals surface area contributed by atoms with Crippen LogP contribution in [0.15, 0.2) is 30.5 Å². The van der Waals surface area contributed by atoms with Gasteiger partial charge in [0.15, 0.2) is 0 Å². The van der Waals surface area contributed by atoms with Gasteiger partial charge in [-0.3, -0.25) is 4.79 Å². The average Bonchev–Trinajstić information content (AvgIpc) is 2.53. The Bertz CT molecular complexity index is 738. The molecule has 1 aromatic carbocycles. The van der Waals surface area contributed by atoms with Crippen molar-refractivity contribution in [3.8, 4) is 0 Å². The first kappa shape index (κ1) is 15.6. The van der Waals surface area contributed by atoms with Gasteiger partial charge >= 0.3 is 12.1 Å². The molecular weight excluding hydrogens is 309 g/mol. The van der Waals surface area contributed by atoms with E-state index < -0.39 is 17.7 Å². The first-order chi connectivity index (χ1) is 10.9. The van der Waals surface area contributed by atoms with Gasteiger partial charge in [0.05, 0.1) is 11.5 Å². The van der Waals surface area contributed by atoms with Gasteiger partial charge in [-0.1, -0.05) is 6.07 Å². The zero-order chi connectivity index (χ0) is 16.6. The maximum absolute atomic E-state index is 12.8. The van der Waals surface area contributed by atoms with E-state index in [2.05, 4.69) is 4.98 Å². The van der Waals surface area contributed by atoms with Gasteiger partial charge in [-0.2, -0.15) is 13.2 Å². The molecule has 1 aromatic heterocycles. The summed E-state index contributed by atoms with van der Waals surface area (Å²) in [6, 6.07) is 5.16. The Morgan fingerprint density at radius 3 is 2.52 bits per heavy atom. The van der Waals surface area contributed by atoms with E-state index >= 15 is 0 Å². The van der Waals surface area contributed by atoms with E-state index in [-0.39, 0.29) is 5.92 Å². The fourth-order valence-corrected chi connectivity index (χ4v) is 2.93. The predicted molar refractivity (Wildman–Crippen MR) is 79.3 cm³/mol. The molecule has 3 rings (SSSR count). The van der Waals surface area contributed by atoms with Crippen LogP contribution in [0.3, 0.4) is 0 Å². The van der Waals surface area contributed by atoms with Crippen molar-refractivity contribution in [3.05, 3.63) is 36.0 Å². The molecule has 23 heavy (non-hydrogen) atoms. The lowest BCUT2D eigenvalue weighted by molar-refractivity contribution is -0.142. The molecule has 0 unspecified atom stereocenters. The number of halogens is 3. The SMILES string of the molecule is O=C(O)C1CCN(c2nccc3cc(C(F)(F)F)ccc23)CC1. The van der Waals surface area contributed by atoms with E-state index in [1.165, 1.54) is 12.3 Å². The number of hydrogen-bond donors (Lipinski definition) is 1. The van der Waals surface area contributed by atoms with E-state index in [1.54, 1.807) is 6.07 Å². The van der Waals surface area contributed by atoms with Gasteiger partial charge < -0.3 is 10.0 Å². The first-order valence-corrected chi connectivity index (χ1v) is 7.30. The summed E-state index contributed by atoms with van der Waals surface area (Å²) in [5.74, 6) is -0.552. The first-order valence-electron chi connectivity index (χ1n) is 7.30. The number of carbonyl (C=O) groups is 1. The van der Waals surface area contributed by atoms with Crippen molar-refractivity contribution in [2.75, 3.05) is 18.0 Å². The van der Waals surface area contributed by atoms with Gasteiger partial charge in [-0.25, -0.2) is 4.98 Å². The highest BCUT2D eigenvalue weighted by molar-refractivity contribution is 5.92. The van der Waals surface area contributed by atoms with E-state index in [0.29, 0.717) is 42.5 Å². The number of alkyl halides is 3. The van der Waals surface area contributed by atoms with Crippen LogP contribution in [-0.4, -0.2) is 29.1 Å². The molecule has 1 aliphatic rings. The fourth-order valence-electron chi connectivity index (χ4n) is 2.93. The van der Waals surface area contributed by atoms with E-state index in [9.17, 15) is 18.0 Å². The minimum absolute atomic E-state index is 0.363. The standard InChI is InChI=1S/C16H15F3N2O2/c17-16(18,19)12-1-2-13-11(9-12)3-6-20-14(13)21-7-4-10(5-8-21)15(22)23/h1-3,6,9-10H,4-5,7-8H2,(H,22,23). The Labute approximate surface area is 130 Å². The summed E-state index contributed by atoms with van der Waals surface area (Å²) >= 11 is 0. The summed E-state index contributed by atoms with van der Waals surface area (Å²) in [7, 11) is 0. The lowest BCUT2D eigenvalue weighted by atomic mass is 9.96. The van der Waals surface area contributed by atoms with Gasteiger partial charge in [-0.15, -0.1) is 0 Å². The molecule has 2 aromatic rings. The number of anilines is 1. The van der Waals surface area contributed by atoms with Crippen LogP contribution < -0.4 is 4.90 Å². The normalized spacial score (nSPS) is 16.7. The van der Waals surface area contributed by atoms with Crippen LogP contribution in [0.2, 0.25) is 0 Å². The summed E-state index contributed by atoms with van der Waals surface area (Å²) in [6.45, 7) is 1.06. The molecule has 0 radical (unpaired) electrons. The molecule has 2 heterocycles. The Kier molecular flexibility index (Phi) is 3.87. The second-order valence-electron chi connectivity index (χ2n) is 5.67. The zero-order valence-corrected chi connectivity index (χ0v) is 12.2. The topological polar surface area (TPSA) is 53.4 Å². The number of rotatable bonds is 2. The third-order valence-electron chi connectivity index (χ3n) is 4.21. The lowest BCUT2D eigenvalue weighted by Crippen LogP contribution is -2.36. The number of nitrogens with zero attached hydrogens (tertiary/aromatic N) is 2. The predicted octanol–water partition coefficient (Wildman–Crippen LogP) is 3.55. The van der Waals surface area contributed by atoms with Crippen LogP contribution in [0, 0.1) is 5.92 Å². The number of fused-ring (bicyclic) bond motifs is 1. The fraction of sp³-hybridized carbons (Fsp3) is 0.375. The van der Waals surface area contributed by atoms with Gasteiger partial charge in [0.1, 0.15) is 5.82 Å². The Morgan fingerprint density at radius 2 is 1.91 bits per heavy atom. The highest BCUT2D eigenvalue weighted by atomic mass is 19.4. The summed E-state index contributed by atoms with van der Waals surface area (Å²) < 4.78 is 38.4. The van der Waals surface area contributed by atoms with Gasteiger partial charge in [-0.05, 0) is 36.4 Å². The number of piperidine rings is 1. The summed E-state index contributed by atoms with van der Waals surface area (Å²) in [5, 5.41) is 10.2. The smallest absolute Gasteiger partial charge is 0.416 e. The molecule has 1 saturated heterocycles. The monoisotopic (exact) mass is 324 g/mol. The largest absolute Gasteiger partial charge is 0.481 e. The molecule has 0 spiro atoms. The molecule has 0 atom stereocenters. The van der Waals surface area contributed by atoms with Crippen molar-refractivity contribution in [1.82, 2.24) is 4.98 Å². The molecule has 7 heteroatoms. The van der Waals surface area contributed by atoms with Crippen LogP contribution in [0.5, 0.6) is 0 Å². The van der Waals surface area contributed by atoms with Crippen LogP contribution in [-0.2, 0) is 11.0 Å². The number of carboxylic acids is 1. The summed E-state index contributed by atoms with van der Waals surface area (Å²) in [6.07, 6.45) is -1.87. The minimum atomic E-state index is -4.38. The maximum atomic E-state index is 12.8. The van der Waals surface area contributed by atoms with Crippen LogP contribution in [0.1, 0.15) is 18.4 Å². The van der Waals surface area contributed by atoms with Crippen molar-refractivity contribution in [2.45, 2.75) is 19.0 Å². The number of aliphatic carboxylic acids is 1. The van der Waals surface area contributed by atoms with Crippen molar-refractivity contribution in [3.63, 3.8) is 0 Å². The Morgan fingerprint density at radius 1 is 1.22 bits per heavy atom. The number of aromatic nitrogens is 1. The minimum Gasteiger partial charge on any atom is -0.481 e. The number of pyridine rings is 1. The van der Waals surface area contributed by atoms with Crippen molar-refractivity contribution < 1.29 is 23.1 Å².